The lowest BCUT2D eigenvalue weighted by molar-refractivity contribution is 0.229. The number of likely N-dealkylation sites (tertiary alicyclic amines) is 1. The van der Waals surface area contributed by atoms with Crippen molar-refractivity contribution in [3.8, 4) is 0 Å². The molecule has 0 amide bonds. The summed E-state index contributed by atoms with van der Waals surface area (Å²) in [5.74, 6) is 0. The molecule has 21 heavy (non-hydrogen) atoms. The minimum atomic E-state index is -2.71. The van der Waals surface area contributed by atoms with Gasteiger partial charge < -0.3 is 4.90 Å². The minimum Gasteiger partial charge on any atom is -0.305 e. The van der Waals surface area contributed by atoms with Crippen molar-refractivity contribution in [2.24, 2.45) is 0 Å². The lowest BCUT2D eigenvalue weighted by Gasteiger charge is -2.32. The Morgan fingerprint density at radius 2 is 2.14 bits per heavy atom. The minimum absolute atomic E-state index is 0. The molecule has 2 aliphatic rings. The number of anilines is 1. The first-order valence-electron chi connectivity index (χ1n) is 7.07. The largest absolute Gasteiger partial charge is 0.305 e. The number of piperidine rings is 1. The lowest BCUT2D eigenvalue weighted by Crippen LogP contribution is -2.51. The standard InChI is InChI=1S/C12H21N5O2S.ClH/c1-15-6-2-3-10(8-15)14-17(20(18)19)12-7-13-16(9-12)11-4-5-11;/h7,9-11,14,20H,2-6,8H2,1H3;1H. The van der Waals surface area contributed by atoms with Crippen molar-refractivity contribution in [3.63, 3.8) is 0 Å². The molecule has 0 spiro atoms. The Bertz CT molecular complexity index is 538. The SMILES string of the molecule is CN1CCCC(NN(c2cnn(C3CC3)c2)[SH](=O)=O)C1.Cl. The van der Waals surface area contributed by atoms with Gasteiger partial charge in [-0.1, -0.05) is 0 Å². The Morgan fingerprint density at radius 1 is 1.38 bits per heavy atom. The van der Waals surface area contributed by atoms with E-state index in [1.165, 1.54) is 4.41 Å². The van der Waals surface area contributed by atoms with Crippen molar-refractivity contribution in [2.45, 2.75) is 37.8 Å². The zero-order valence-corrected chi connectivity index (χ0v) is 13.7. The zero-order chi connectivity index (χ0) is 14.1. The maximum Gasteiger partial charge on any atom is 0.238 e. The number of hydrogen-bond donors (Lipinski definition) is 2. The number of nitrogens with one attached hydrogen (secondary N) is 1. The highest BCUT2D eigenvalue weighted by Crippen LogP contribution is 2.34. The predicted molar refractivity (Wildman–Crippen MR) is 84.2 cm³/mol. The molecule has 0 bridgehead atoms. The monoisotopic (exact) mass is 335 g/mol. The van der Waals surface area contributed by atoms with Crippen molar-refractivity contribution in [1.29, 1.82) is 0 Å². The van der Waals surface area contributed by atoms with Crippen LogP contribution in [-0.2, 0) is 10.9 Å². The normalized spacial score (nSPS) is 23.0. The molecule has 9 heteroatoms. The molecule has 1 aliphatic carbocycles. The number of thiol groups is 1. The summed E-state index contributed by atoms with van der Waals surface area (Å²) < 4.78 is 26.1. The van der Waals surface area contributed by atoms with E-state index in [4.69, 9.17) is 0 Å². The van der Waals surface area contributed by atoms with Crippen LogP contribution < -0.4 is 9.84 Å². The molecule has 1 atom stereocenters. The molecule has 1 aliphatic heterocycles. The molecule has 1 unspecified atom stereocenters. The molecule has 0 aromatic carbocycles. The number of aromatic nitrogens is 2. The van der Waals surface area contributed by atoms with Gasteiger partial charge in [-0.3, -0.25) is 4.68 Å². The third kappa shape index (κ3) is 4.09. The van der Waals surface area contributed by atoms with Crippen LogP contribution in [0.25, 0.3) is 0 Å². The van der Waals surface area contributed by atoms with E-state index >= 15 is 0 Å². The van der Waals surface area contributed by atoms with Crippen LogP contribution in [0.1, 0.15) is 31.7 Å². The van der Waals surface area contributed by atoms with Crippen LogP contribution in [0, 0.1) is 0 Å². The van der Waals surface area contributed by atoms with Gasteiger partial charge in [-0.2, -0.15) is 5.10 Å². The number of likely N-dealkylation sites (N-methyl/N-ethyl adjacent to an activating group) is 1. The molecule has 0 radical (unpaired) electrons. The summed E-state index contributed by atoms with van der Waals surface area (Å²) in [6.07, 6.45) is 7.75. The van der Waals surface area contributed by atoms with Gasteiger partial charge in [0.05, 0.1) is 18.4 Å². The van der Waals surface area contributed by atoms with E-state index in [1.54, 1.807) is 6.20 Å². The molecule has 3 rings (SSSR count). The molecule has 1 aromatic heterocycles. The highest BCUT2D eigenvalue weighted by Gasteiger charge is 2.26. The van der Waals surface area contributed by atoms with Gasteiger partial charge in [-0.15, -0.1) is 12.4 Å². The summed E-state index contributed by atoms with van der Waals surface area (Å²) in [5.41, 5.74) is 3.72. The number of hydrogen-bond acceptors (Lipinski definition) is 5. The van der Waals surface area contributed by atoms with Crippen molar-refractivity contribution < 1.29 is 8.42 Å². The number of nitrogens with zero attached hydrogens (tertiary/aromatic N) is 4. The number of hydrazine groups is 1. The molecule has 1 aromatic rings. The van der Waals surface area contributed by atoms with Gasteiger partial charge in [0.2, 0.25) is 10.9 Å². The number of halogens is 1. The highest BCUT2D eigenvalue weighted by atomic mass is 35.5. The third-order valence-electron chi connectivity index (χ3n) is 3.85. The summed E-state index contributed by atoms with van der Waals surface area (Å²) in [4.78, 5) is 2.21. The van der Waals surface area contributed by atoms with E-state index in [9.17, 15) is 8.42 Å². The Hall–Kier alpha value is -0.830. The summed E-state index contributed by atoms with van der Waals surface area (Å²) in [6, 6.07) is 0.613. The van der Waals surface area contributed by atoms with Gasteiger partial charge in [0.15, 0.2) is 0 Å². The van der Waals surface area contributed by atoms with Crippen LogP contribution in [0.2, 0.25) is 0 Å². The number of rotatable bonds is 5. The lowest BCUT2D eigenvalue weighted by atomic mass is 10.1. The van der Waals surface area contributed by atoms with Gasteiger partial charge >= 0.3 is 0 Å². The molecule has 1 N–H and O–H groups in total. The average molecular weight is 336 g/mol. The molecule has 2 fully saturated rings. The fraction of sp³-hybridized carbons (Fsp3) is 0.750. The van der Waals surface area contributed by atoms with E-state index in [2.05, 4.69) is 22.5 Å². The maximum atomic E-state index is 11.5. The Balaban J connectivity index is 0.00000161. The fourth-order valence-electron chi connectivity index (χ4n) is 2.64. The smallest absolute Gasteiger partial charge is 0.238 e. The highest BCUT2D eigenvalue weighted by molar-refractivity contribution is 7.73. The second-order valence-corrected chi connectivity index (χ2v) is 6.57. The van der Waals surface area contributed by atoms with Crippen LogP contribution >= 0.6 is 12.4 Å². The summed E-state index contributed by atoms with van der Waals surface area (Å²) in [6.45, 7) is 1.93. The second-order valence-electron chi connectivity index (χ2n) is 5.69. The molecule has 120 valence electrons. The molecule has 2 heterocycles. The van der Waals surface area contributed by atoms with Crippen LogP contribution in [0.4, 0.5) is 5.69 Å². The van der Waals surface area contributed by atoms with Gasteiger partial charge in [-0.25, -0.2) is 18.3 Å². The van der Waals surface area contributed by atoms with Gasteiger partial charge in [0.1, 0.15) is 5.69 Å². The Labute approximate surface area is 132 Å². The second kappa shape index (κ2) is 6.95. The van der Waals surface area contributed by atoms with Crippen LogP contribution in [-0.4, -0.2) is 49.3 Å². The Kier molecular flexibility index (Phi) is 5.48. The van der Waals surface area contributed by atoms with Crippen LogP contribution in [0.3, 0.4) is 0 Å². The fourth-order valence-corrected chi connectivity index (χ4v) is 3.19. The van der Waals surface area contributed by atoms with E-state index in [1.807, 2.05) is 10.9 Å². The molecular weight excluding hydrogens is 314 g/mol. The maximum absolute atomic E-state index is 11.5. The third-order valence-corrected chi connectivity index (χ3v) is 4.52. The predicted octanol–water partition coefficient (Wildman–Crippen LogP) is 0.571. The molecular formula is C12H22ClN5O2S. The van der Waals surface area contributed by atoms with Gasteiger partial charge in [0.25, 0.3) is 0 Å². The Morgan fingerprint density at radius 3 is 2.76 bits per heavy atom. The quantitative estimate of drug-likeness (QED) is 0.608. The topological polar surface area (TPSA) is 70.5 Å². The van der Waals surface area contributed by atoms with E-state index in [0.29, 0.717) is 11.7 Å². The summed E-state index contributed by atoms with van der Waals surface area (Å²) in [5, 5.41) is 4.25. The van der Waals surface area contributed by atoms with E-state index in [0.717, 1.165) is 38.8 Å². The molecule has 1 saturated heterocycles. The molecule has 7 nitrogen and oxygen atoms in total. The summed E-state index contributed by atoms with van der Waals surface area (Å²) in [7, 11) is -0.658. The van der Waals surface area contributed by atoms with Gasteiger partial charge in [-0.05, 0) is 39.3 Å². The van der Waals surface area contributed by atoms with Crippen molar-refractivity contribution in [1.82, 2.24) is 20.1 Å². The van der Waals surface area contributed by atoms with Crippen molar-refractivity contribution in [3.05, 3.63) is 12.4 Å². The van der Waals surface area contributed by atoms with Crippen molar-refractivity contribution >= 4 is 29.0 Å². The van der Waals surface area contributed by atoms with E-state index < -0.39 is 10.9 Å². The summed E-state index contributed by atoms with van der Waals surface area (Å²) >= 11 is 0. The van der Waals surface area contributed by atoms with E-state index in [-0.39, 0.29) is 18.4 Å². The van der Waals surface area contributed by atoms with Crippen LogP contribution in [0.5, 0.6) is 0 Å². The first-order valence-corrected chi connectivity index (χ1v) is 8.20. The van der Waals surface area contributed by atoms with Crippen molar-refractivity contribution in [2.75, 3.05) is 24.6 Å². The first kappa shape index (κ1) is 16.5. The van der Waals surface area contributed by atoms with Gasteiger partial charge in [0, 0.05) is 12.6 Å². The van der Waals surface area contributed by atoms with Crippen LogP contribution in [0.15, 0.2) is 12.4 Å². The average Bonchev–Trinajstić information content (AvgIpc) is 3.14. The first-order chi connectivity index (χ1) is 9.63. The molecule has 1 saturated carbocycles. The zero-order valence-electron chi connectivity index (χ0n) is 12.0.